The summed E-state index contributed by atoms with van der Waals surface area (Å²) in [5, 5.41) is 8.36. The maximum Gasteiger partial charge on any atom is 0.260 e. The Morgan fingerprint density at radius 3 is 2.50 bits per heavy atom. The van der Waals surface area contributed by atoms with Crippen molar-refractivity contribution in [2.24, 2.45) is 0 Å². The highest BCUT2D eigenvalue weighted by molar-refractivity contribution is 7.14. The second-order valence-corrected chi connectivity index (χ2v) is 6.98. The predicted molar refractivity (Wildman–Crippen MR) is 110 cm³/mol. The fraction of sp³-hybridized carbons (Fsp3) is 0.0952. The molecule has 6 nitrogen and oxygen atoms in total. The molecule has 140 valence electrons. The Bertz CT molecular complexity index is 1100. The van der Waals surface area contributed by atoms with Gasteiger partial charge in [0.25, 0.3) is 5.91 Å². The lowest BCUT2D eigenvalue weighted by molar-refractivity contribution is 0.102. The van der Waals surface area contributed by atoms with Crippen LogP contribution in [0.2, 0.25) is 0 Å². The number of aromatic nitrogens is 3. The largest absolute Gasteiger partial charge is 0.497 e. The summed E-state index contributed by atoms with van der Waals surface area (Å²) in [6.07, 6.45) is 1.75. The minimum Gasteiger partial charge on any atom is -0.497 e. The maximum atomic E-state index is 13.0. The molecule has 0 spiro atoms. The van der Waals surface area contributed by atoms with Crippen molar-refractivity contribution in [2.75, 3.05) is 12.4 Å². The van der Waals surface area contributed by atoms with E-state index in [9.17, 15) is 4.79 Å². The van der Waals surface area contributed by atoms with Crippen molar-refractivity contribution >= 4 is 22.2 Å². The first-order chi connectivity index (χ1) is 13.7. The fourth-order valence-electron chi connectivity index (χ4n) is 2.81. The Balaban J connectivity index is 1.77. The van der Waals surface area contributed by atoms with Gasteiger partial charge in [0, 0.05) is 11.8 Å². The summed E-state index contributed by atoms with van der Waals surface area (Å²) >= 11 is 1.40. The van der Waals surface area contributed by atoms with Crippen molar-refractivity contribution in [1.82, 2.24) is 14.8 Å². The molecule has 2 aromatic carbocycles. The van der Waals surface area contributed by atoms with Crippen LogP contribution in [0.15, 0.2) is 66.3 Å². The van der Waals surface area contributed by atoms with E-state index < -0.39 is 0 Å². The molecule has 0 aliphatic heterocycles. The van der Waals surface area contributed by atoms with E-state index in [0.717, 1.165) is 27.7 Å². The van der Waals surface area contributed by atoms with Gasteiger partial charge >= 0.3 is 0 Å². The highest BCUT2D eigenvalue weighted by atomic mass is 32.1. The molecular formula is C21H18N4O2S. The second-order valence-electron chi connectivity index (χ2n) is 6.12. The monoisotopic (exact) mass is 390 g/mol. The summed E-state index contributed by atoms with van der Waals surface area (Å²) < 4.78 is 6.95. The van der Waals surface area contributed by atoms with E-state index in [-0.39, 0.29) is 5.91 Å². The van der Waals surface area contributed by atoms with Gasteiger partial charge in [-0.05, 0) is 43.3 Å². The maximum absolute atomic E-state index is 13.0. The minimum atomic E-state index is -0.222. The molecule has 0 saturated carbocycles. The number of benzene rings is 2. The van der Waals surface area contributed by atoms with Crippen LogP contribution in [0.5, 0.6) is 5.75 Å². The first kappa shape index (κ1) is 17.9. The van der Waals surface area contributed by atoms with E-state index in [1.165, 1.54) is 11.3 Å². The van der Waals surface area contributed by atoms with Crippen molar-refractivity contribution in [3.63, 3.8) is 0 Å². The summed E-state index contributed by atoms with van der Waals surface area (Å²) in [4.78, 5) is 17.2. The zero-order chi connectivity index (χ0) is 19.5. The molecule has 1 N–H and O–H groups in total. The molecule has 7 heteroatoms. The van der Waals surface area contributed by atoms with E-state index in [2.05, 4.69) is 15.4 Å². The Hall–Kier alpha value is -3.45. The van der Waals surface area contributed by atoms with Gasteiger partial charge in [0.2, 0.25) is 0 Å². The molecule has 2 heterocycles. The van der Waals surface area contributed by atoms with E-state index in [0.29, 0.717) is 11.3 Å². The summed E-state index contributed by atoms with van der Waals surface area (Å²) in [7, 11) is 1.62. The molecule has 0 aliphatic rings. The van der Waals surface area contributed by atoms with Crippen molar-refractivity contribution < 1.29 is 9.53 Å². The number of nitrogens with one attached hydrogen (secondary N) is 1. The molecule has 4 rings (SSSR count). The number of hydrogen-bond donors (Lipinski definition) is 1. The standard InChI is InChI=1S/C21H18N4O2S/c1-14-21(28-13-22-14)23-20(26)18-12-25(16-6-4-3-5-7-16)24-19(18)15-8-10-17(27-2)11-9-15/h3-13H,1-2H3,(H,23,26). The van der Waals surface area contributed by atoms with Crippen LogP contribution in [0, 0.1) is 6.92 Å². The van der Waals surface area contributed by atoms with Gasteiger partial charge in [0.15, 0.2) is 0 Å². The Morgan fingerprint density at radius 1 is 1.11 bits per heavy atom. The lowest BCUT2D eigenvalue weighted by atomic mass is 10.1. The molecule has 4 aromatic rings. The summed E-state index contributed by atoms with van der Waals surface area (Å²) in [5.41, 5.74) is 5.31. The molecule has 0 fully saturated rings. The van der Waals surface area contributed by atoms with Gasteiger partial charge in [0.05, 0.1) is 29.6 Å². The molecule has 0 bridgehead atoms. The molecule has 2 aromatic heterocycles. The topological polar surface area (TPSA) is 69.0 Å². The van der Waals surface area contributed by atoms with E-state index in [4.69, 9.17) is 4.74 Å². The van der Waals surface area contributed by atoms with Gasteiger partial charge in [-0.15, -0.1) is 11.3 Å². The van der Waals surface area contributed by atoms with Crippen molar-refractivity contribution in [3.05, 3.63) is 77.6 Å². The molecule has 28 heavy (non-hydrogen) atoms. The minimum absolute atomic E-state index is 0.222. The van der Waals surface area contributed by atoms with Crippen LogP contribution in [0.4, 0.5) is 5.00 Å². The molecule has 0 unspecified atom stereocenters. The second kappa shape index (κ2) is 7.66. The number of methoxy groups -OCH3 is 1. The lowest BCUT2D eigenvalue weighted by Crippen LogP contribution is -2.12. The zero-order valence-electron chi connectivity index (χ0n) is 15.4. The number of anilines is 1. The zero-order valence-corrected chi connectivity index (χ0v) is 16.2. The molecule has 0 aliphatic carbocycles. The molecule has 1 amide bonds. The third-order valence-electron chi connectivity index (χ3n) is 4.32. The molecule has 0 saturated heterocycles. The van der Waals surface area contributed by atoms with Gasteiger partial charge in [-0.1, -0.05) is 18.2 Å². The van der Waals surface area contributed by atoms with Gasteiger partial charge in [-0.2, -0.15) is 5.10 Å². The van der Waals surface area contributed by atoms with E-state index in [1.54, 1.807) is 23.5 Å². The first-order valence-corrected chi connectivity index (χ1v) is 9.54. The van der Waals surface area contributed by atoms with Crippen molar-refractivity contribution in [3.8, 4) is 22.7 Å². The van der Waals surface area contributed by atoms with E-state index in [1.807, 2.05) is 61.5 Å². The number of carbonyl (C=O) groups is 1. The number of nitrogens with zero attached hydrogens (tertiary/aromatic N) is 3. The number of para-hydroxylation sites is 1. The quantitative estimate of drug-likeness (QED) is 0.542. The predicted octanol–water partition coefficient (Wildman–Crippen LogP) is 4.57. The number of hydrogen-bond acceptors (Lipinski definition) is 5. The van der Waals surface area contributed by atoms with Crippen LogP contribution in [0.3, 0.4) is 0 Å². The Morgan fingerprint density at radius 2 is 1.86 bits per heavy atom. The fourth-order valence-corrected chi connectivity index (χ4v) is 3.50. The van der Waals surface area contributed by atoms with Gasteiger partial charge in [-0.25, -0.2) is 9.67 Å². The average molecular weight is 390 g/mol. The Kier molecular flexibility index (Phi) is 4.90. The van der Waals surface area contributed by atoms with Crippen molar-refractivity contribution in [2.45, 2.75) is 6.92 Å². The summed E-state index contributed by atoms with van der Waals surface area (Å²) in [6, 6.07) is 17.2. The highest BCUT2D eigenvalue weighted by Crippen LogP contribution is 2.27. The SMILES string of the molecule is COc1ccc(-c2nn(-c3ccccc3)cc2C(=O)Nc2scnc2C)cc1. The summed E-state index contributed by atoms with van der Waals surface area (Å²) in [6.45, 7) is 1.86. The van der Waals surface area contributed by atoms with Crippen LogP contribution >= 0.6 is 11.3 Å². The number of carbonyl (C=O) groups excluding carboxylic acids is 1. The Labute approximate surface area is 166 Å². The molecule has 0 radical (unpaired) electrons. The lowest BCUT2D eigenvalue weighted by Gasteiger charge is -2.05. The van der Waals surface area contributed by atoms with Crippen LogP contribution in [0.1, 0.15) is 16.1 Å². The number of thiazole rings is 1. The van der Waals surface area contributed by atoms with Gasteiger partial charge in [0.1, 0.15) is 16.4 Å². The van der Waals surface area contributed by atoms with Crippen molar-refractivity contribution in [1.29, 1.82) is 0 Å². The molecule has 0 atom stereocenters. The number of rotatable bonds is 5. The third-order valence-corrected chi connectivity index (χ3v) is 5.16. The third kappa shape index (κ3) is 3.52. The van der Waals surface area contributed by atoms with Gasteiger partial charge < -0.3 is 10.1 Å². The van der Waals surface area contributed by atoms with Crippen LogP contribution in [-0.4, -0.2) is 27.8 Å². The highest BCUT2D eigenvalue weighted by Gasteiger charge is 2.20. The van der Waals surface area contributed by atoms with Gasteiger partial charge in [-0.3, -0.25) is 4.79 Å². The smallest absolute Gasteiger partial charge is 0.260 e. The normalized spacial score (nSPS) is 10.6. The summed E-state index contributed by atoms with van der Waals surface area (Å²) in [5.74, 6) is 0.526. The average Bonchev–Trinajstić information content (AvgIpc) is 3.35. The van der Waals surface area contributed by atoms with Crippen LogP contribution in [-0.2, 0) is 0 Å². The molecular weight excluding hydrogens is 372 g/mol. The number of ether oxygens (including phenoxy) is 1. The van der Waals surface area contributed by atoms with Crippen LogP contribution < -0.4 is 10.1 Å². The van der Waals surface area contributed by atoms with Crippen LogP contribution in [0.25, 0.3) is 16.9 Å². The number of amides is 1. The number of aryl methyl sites for hydroxylation is 1. The first-order valence-electron chi connectivity index (χ1n) is 8.66. The van der Waals surface area contributed by atoms with E-state index >= 15 is 0 Å².